The fourth-order valence-corrected chi connectivity index (χ4v) is 1.62. The summed E-state index contributed by atoms with van der Waals surface area (Å²) in [7, 11) is 0. The highest BCUT2D eigenvalue weighted by Crippen LogP contribution is 2.19. The van der Waals surface area contributed by atoms with Gasteiger partial charge >= 0.3 is 0 Å². The largest absolute Gasteiger partial charge is 0.387 e. The van der Waals surface area contributed by atoms with Crippen molar-refractivity contribution in [1.29, 1.82) is 0 Å². The molecule has 18 heavy (non-hydrogen) atoms. The van der Waals surface area contributed by atoms with E-state index in [-0.39, 0.29) is 18.1 Å². The zero-order chi connectivity index (χ0) is 13.1. The van der Waals surface area contributed by atoms with Gasteiger partial charge in [-0.1, -0.05) is 5.16 Å². The highest BCUT2D eigenvalue weighted by molar-refractivity contribution is 9.10. The minimum atomic E-state index is -2.84. The van der Waals surface area contributed by atoms with E-state index in [1.807, 2.05) is 0 Å². The Labute approximate surface area is 109 Å². The molecule has 5 nitrogen and oxygen atoms in total. The first kappa shape index (κ1) is 13.0. The molecule has 0 aliphatic rings. The van der Waals surface area contributed by atoms with Crippen LogP contribution in [-0.4, -0.2) is 32.8 Å². The minimum Gasteiger partial charge on any atom is -0.387 e. The van der Waals surface area contributed by atoms with Gasteiger partial charge in [0.15, 0.2) is 0 Å². The average Bonchev–Trinajstić information content (AvgIpc) is 2.77. The van der Waals surface area contributed by atoms with E-state index >= 15 is 0 Å². The molecule has 8 heteroatoms. The molecule has 0 spiro atoms. The van der Waals surface area contributed by atoms with Crippen LogP contribution in [0.25, 0.3) is 11.4 Å². The number of aromatic nitrogens is 3. The van der Waals surface area contributed by atoms with Crippen LogP contribution in [-0.2, 0) is 6.42 Å². The lowest BCUT2D eigenvalue weighted by Gasteiger charge is -2.04. The molecule has 2 aromatic rings. The third-order valence-electron chi connectivity index (χ3n) is 2.11. The Morgan fingerprint density at radius 3 is 2.83 bits per heavy atom. The van der Waals surface area contributed by atoms with Crippen LogP contribution in [0.3, 0.4) is 0 Å². The first-order chi connectivity index (χ1) is 8.56. The summed E-state index contributed by atoms with van der Waals surface area (Å²) in [6, 6.07) is 1.71. The quantitative estimate of drug-likeness (QED) is 0.934. The van der Waals surface area contributed by atoms with Crippen LogP contribution < -0.4 is 0 Å². The van der Waals surface area contributed by atoms with Gasteiger partial charge in [0.25, 0.3) is 6.43 Å². The fraction of sp³-hybridized carbons (Fsp3) is 0.300. The van der Waals surface area contributed by atoms with E-state index in [0.29, 0.717) is 5.56 Å². The molecule has 2 rings (SSSR count). The maximum Gasteiger partial charge on any atom is 0.264 e. The molecule has 0 amide bonds. The molecule has 1 unspecified atom stereocenters. The predicted octanol–water partition coefficient (Wildman–Crippen LogP) is 2.06. The van der Waals surface area contributed by atoms with Gasteiger partial charge < -0.3 is 9.63 Å². The van der Waals surface area contributed by atoms with Gasteiger partial charge in [0.05, 0.1) is 6.42 Å². The average molecular weight is 320 g/mol. The van der Waals surface area contributed by atoms with E-state index in [2.05, 4.69) is 31.1 Å². The summed E-state index contributed by atoms with van der Waals surface area (Å²) < 4.78 is 29.8. The van der Waals surface area contributed by atoms with E-state index in [1.54, 1.807) is 12.3 Å². The van der Waals surface area contributed by atoms with Crippen molar-refractivity contribution in [2.45, 2.75) is 19.0 Å². The molecule has 1 atom stereocenters. The number of pyridine rings is 1. The van der Waals surface area contributed by atoms with E-state index in [9.17, 15) is 8.78 Å². The highest BCUT2D eigenvalue weighted by Gasteiger charge is 2.21. The molecule has 0 aliphatic carbocycles. The third-order valence-corrected chi connectivity index (χ3v) is 2.54. The Bertz CT molecular complexity index is 535. The third kappa shape index (κ3) is 3.08. The Morgan fingerprint density at radius 2 is 2.17 bits per heavy atom. The van der Waals surface area contributed by atoms with Crippen molar-refractivity contribution >= 4 is 15.9 Å². The van der Waals surface area contributed by atoms with Gasteiger partial charge in [0.1, 0.15) is 6.10 Å². The fourth-order valence-electron chi connectivity index (χ4n) is 1.26. The predicted molar refractivity (Wildman–Crippen MR) is 60.9 cm³/mol. The van der Waals surface area contributed by atoms with Gasteiger partial charge in [-0.25, -0.2) is 8.78 Å². The first-order valence-electron chi connectivity index (χ1n) is 4.96. The topological polar surface area (TPSA) is 72.0 Å². The van der Waals surface area contributed by atoms with E-state index in [0.717, 1.165) is 4.47 Å². The Kier molecular flexibility index (Phi) is 3.97. The monoisotopic (exact) mass is 319 g/mol. The highest BCUT2D eigenvalue weighted by atomic mass is 79.9. The summed E-state index contributed by atoms with van der Waals surface area (Å²) in [5, 5.41) is 12.6. The molecule has 0 aromatic carbocycles. The summed E-state index contributed by atoms with van der Waals surface area (Å²) >= 11 is 3.24. The Morgan fingerprint density at radius 1 is 1.39 bits per heavy atom. The van der Waals surface area contributed by atoms with Crippen molar-refractivity contribution in [3.63, 3.8) is 0 Å². The van der Waals surface area contributed by atoms with Gasteiger partial charge in [0, 0.05) is 22.4 Å². The number of rotatable bonds is 4. The van der Waals surface area contributed by atoms with Crippen LogP contribution in [0.2, 0.25) is 0 Å². The lowest BCUT2D eigenvalue weighted by atomic mass is 10.2. The maximum absolute atomic E-state index is 12.1. The summed E-state index contributed by atoms with van der Waals surface area (Å²) in [6.07, 6.45) is -1.92. The standard InChI is InChI=1S/C10H8BrF2N3O2/c11-6-1-5(3-14-4-6)10-15-8(18-16-10)2-7(17)9(12)13/h1,3-4,7,9,17H,2H2. The van der Waals surface area contributed by atoms with E-state index in [4.69, 9.17) is 9.63 Å². The molecule has 96 valence electrons. The van der Waals surface area contributed by atoms with Crippen LogP contribution >= 0.6 is 15.9 Å². The van der Waals surface area contributed by atoms with E-state index < -0.39 is 12.5 Å². The summed E-state index contributed by atoms with van der Waals surface area (Å²) in [5.74, 6) is 0.193. The number of nitrogens with zero attached hydrogens (tertiary/aromatic N) is 3. The Balaban J connectivity index is 2.15. The second kappa shape index (κ2) is 5.49. The molecule has 0 radical (unpaired) electrons. The smallest absolute Gasteiger partial charge is 0.264 e. The summed E-state index contributed by atoms with van der Waals surface area (Å²) in [6.45, 7) is 0. The molecule has 0 saturated carbocycles. The zero-order valence-electron chi connectivity index (χ0n) is 8.92. The van der Waals surface area contributed by atoms with Crippen LogP contribution in [0.1, 0.15) is 5.89 Å². The van der Waals surface area contributed by atoms with Gasteiger partial charge in [0.2, 0.25) is 11.7 Å². The van der Waals surface area contributed by atoms with Crippen LogP contribution in [0, 0.1) is 0 Å². The van der Waals surface area contributed by atoms with Crippen molar-refractivity contribution in [2.75, 3.05) is 0 Å². The summed E-state index contributed by atoms with van der Waals surface area (Å²) in [4.78, 5) is 7.83. The van der Waals surface area contributed by atoms with Crippen molar-refractivity contribution in [3.8, 4) is 11.4 Å². The first-order valence-corrected chi connectivity index (χ1v) is 5.75. The molecule has 0 bridgehead atoms. The molecule has 0 saturated heterocycles. The van der Waals surface area contributed by atoms with Crippen molar-refractivity contribution in [1.82, 2.24) is 15.1 Å². The van der Waals surface area contributed by atoms with Crippen molar-refractivity contribution in [3.05, 3.63) is 28.8 Å². The van der Waals surface area contributed by atoms with Gasteiger partial charge in [-0.05, 0) is 22.0 Å². The summed E-state index contributed by atoms with van der Waals surface area (Å²) in [5.41, 5.74) is 0.589. The number of hydrogen-bond donors (Lipinski definition) is 1. The molecular formula is C10H8BrF2N3O2. The van der Waals surface area contributed by atoms with Crippen LogP contribution in [0.5, 0.6) is 0 Å². The van der Waals surface area contributed by atoms with Crippen LogP contribution in [0.15, 0.2) is 27.5 Å². The number of aliphatic hydroxyl groups is 1. The number of halogens is 3. The molecule has 1 N–H and O–H groups in total. The molecule has 2 heterocycles. The number of alkyl halides is 2. The number of hydrogen-bond acceptors (Lipinski definition) is 5. The number of aliphatic hydroxyl groups excluding tert-OH is 1. The van der Waals surface area contributed by atoms with Crippen LogP contribution in [0.4, 0.5) is 8.78 Å². The maximum atomic E-state index is 12.1. The van der Waals surface area contributed by atoms with E-state index in [1.165, 1.54) is 6.20 Å². The SMILES string of the molecule is OC(Cc1nc(-c2cncc(Br)c2)no1)C(F)F. The second-order valence-corrected chi connectivity index (χ2v) is 4.43. The van der Waals surface area contributed by atoms with Crippen molar-refractivity contribution in [2.24, 2.45) is 0 Å². The normalized spacial score (nSPS) is 12.9. The van der Waals surface area contributed by atoms with Gasteiger partial charge in [-0.15, -0.1) is 0 Å². The molecule has 0 aliphatic heterocycles. The second-order valence-electron chi connectivity index (χ2n) is 3.51. The molecule has 0 fully saturated rings. The zero-order valence-corrected chi connectivity index (χ0v) is 10.5. The minimum absolute atomic E-state index is 0.0437. The van der Waals surface area contributed by atoms with Gasteiger partial charge in [-0.2, -0.15) is 4.98 Å². The lowest BCUT2D eigenvalue weighted by Crippen LogP contribution is -2.20. The van der Waals surface area contributed by atoms with Crippen molar-refractivity contribution < 1.29 is 18.4 Å². The lowest BCUT2D eigenvalue weighted by molar-refractivity contribution is -0.00754. The Hall–Kier alpha value is -1.41. The molecule has 2 aromatic heterocycles. The van der Waals surface area contributed by atoms with Gasteiger partial charge in [-0.3, -0.25) is 4.98 Å². The molecular weight excluding hydrogens is 312 g/mol.